The van der Waals surface area contributed by atoms with Gasteiger partial charge in [0.25, 0.3) is 0 Å². The van der Waals surface area contributed by atoms with Gasteiger partial charge in [0.05, 0.1) is 26.5 Å². The lowest BCUT2D eigenvalue weighted by Gasteiger charge is -2.35. The number of rotatable bonds is 5. The van der Waals surface area contributed by atoms with E-state index >= 15 is 0 Å². The zero-order valence-corrected chi connectivity index (χ0v) is 13.2. The van der Waals surface area contributed by atoms with Crippen LogP contribution in [0.2, 0.25) is 0 Å². The molecular formula is C18H22N2O2. The largest absolute Gasteiger partial charge is 0.856 e. The van der Waals surface area contributed by atoms with E-state index < -0.39 is 11.5 Å². The maximum Gasteiger partial charge on any atom is 0.148 e. The van der Waals surface area contributed by atoms with Gasteiger partial charge in [-0.25, -0.2) is 4.59 Å². The van der Waals surface area contributed by atoms with Gasteiger partial charge in [0, 0.05) is 0 Å². The highest BCUT2D eigenvalue weighted by Gasteiger charge is 2.34. The summed E-state index contributed by atoms with van der Waals surface area (Å²) in [5.74, 6) is -0.559. The van der Waals surface area contributed by atoms with E-state index in [2.05, 4.69) is 5.10 Å². The standard InChI is InChI=1S/C18H22N2O2/c1-4-20(2,3)19-17(21)18(22,15-11-7-5-8-12-15)16-13-9-6-10-14-16/h5-14,22H,4H2,1-3H3. The number of nitrogens with zero attached hydrogens (tertiary/aromatic N) is 2. The third-order valence-corrected chi connectivity index (χ3v) is 3.83. The first-order valence-corrected chi connectivity index (χ1v) is 7.34. The van der Waals surface area contributed by atoms with E-state index in [1.165, 1.54) is 0 Å². The van der Waals surface area contributed by atoms with Gasteiger partial charge in [-0.05, 0) is 18.1 Å². The maximum absolute atomic E-state index is 12.8. The van der Waals surface area contributed by atoms with E-state index in [4.69, 9.17) is 0 Å². The summed E-state index contributed by atoms with van der Waals surface area (Å²) in [4.78, 5) is 0. The highest BCUT2D eigenvalue weighted by Crippen LogP contribution is 2.30. The van der Waals surface area contributed by atoms with Crippen LogP contribution in [-0.2, 0) is 5.60 Å². The van der Waals surface area contributed by atoms with Crippen LogP contribution in [0.1, 0.15) is 18.1 Å². The first kappa shape index (κ1) is 16.2. The van der Waals surface area contributed by atoms with E-state index in [9.17, 15) is 10.2 Å². The van der Waals surface area contributed by atoms with Crippen LogP contribution in [0.5, 0.6) is 0 Å². The Morgan fingerprint density at radius 3 is 1.77 bits per heavy atom. The molecule has 0 atom stereocenters. The molecule has 0 aliphatic rings. The Balaban J connectivity index is 2.62. The molecule has 2 aromatic rings. The Morgan fingerprint density at radius 2 is 1.41 bits per heavy atom. The predicted octanol–water partition coefficient (Wildman–Crippen LogP) is 1.69. The van der Waals surface area contributed by atoms with Crippen molar-refractivity contribution in [2.75, 3.05) is 20.6 Å². The molecule has 2 rings (SSSR count). The Bertz CT molecular complexity index is 597. The Labute approximate surface area is 131 Å². The van der Waals surface area contributed by atoms with Gasteiger partial charge in [-0.1, -0.05) is 65.8 Å². The van der Waals surface area contributed by atoms with Crippen LogP contribution >= 0.6 is 0 Å². The normalized spacial score (nSPS) is 13.2. The second-order valence-electron chi connectivity index (χ2n) is 5.78. The molecule has 0 radical (unpaired) electrons. The molecule has 4 nitrogen and oxygen atoms in total. The lowest BCUT2D eigenvalue weighted by atomic mass is 9.86. The maximum atomic E-state index is 12.8. The van der Waals surface area contributed by atoms with Gasteiger partial charge in [0.15, 0.2) is 0 Å². The predicted molar refractivity (Wildman–Crippen MR) is 86.0 cm³/mol. The number of hydrogen-bond acceptors (Lipinski definition) is 3. The van der Waals surface area contributed by atoms with Crippen LogP contribution in [0.3, 0.4) is 0 Å². The van der Waals surface area contributed by atoms with E-state index in [1.54, 1.807) is 48.5 Å². The Hall–Kier alpha value is -2.17. The van der Waals surface area contributed by atoms with Crippen LogP contribution in [0, 0.1) is 0 Å². The minimum Gasteiger partial charge on any atom is -0.856 e. The molecule has 0 aliphatic heterocycles. The SMILES string of the molecule is CC[N+](C)(C)N=C([O-])C(O)(c1ccccc1)c1ccccc1. The lowest BCUT2D eigenvalue weighted by Crippen LogP contribution is -2.48. The van der Waals surface area contributed by atoms with Gasteiger partial charge in [0.1, 0.15) is 5.60 Å². The molecule has 116 valence electrons. The van der Waals surface area contributed by atoms with Crippen molar-refractivity contribution in [1.82, 2.24) is 0 Å². The molecule has 0 heterocycles. The average Bonchev–Trinajstić information content (AvgIpc) is 2.55. The van der Waals surface area contributed by atoms with Crippen LogP contribution in [0.15, 0.2) is 65.8 Å². The number of quaternary nitrogens is 1. The molecule has 2 aromatic carbocycles. The summed E-state index contributed by atoms with van der Waals surface area (Å²) in [7, 11) is 3.66. The molecule has 4 heteroatoms. The minimum absolute atomic E-state index is 0.167. The number of benzene rings is 2. The molecule has 22 heavy (non-hydrogen) atoms. The summed E-state index contributed by atoms with van der Waals surface area (Å²) < 4.78 is 0.167. The summed E-state index contributed by atoms with van der Waals surface area (Å²) in [5.41, 5.74) is -0.732. The minimum atomic E-state index is -1.77. The van der Waals surface area contributed by atoms with E-state index in [0.717, 1.165) is 0 Å². The van der Waals surface area contributed by atoms with Gasteiger partial charge in [-0.15, -0.1) is 0 Å². The first-order chi connectivity index (χ1) is 10.4. The molecule has 0 unspecified atom stereocenters. The van der Waals surface area contributed by atoms with Crippen molar-refractivity contribution < 1.29 is 14.8 Å². The van der Waals surface area contributed by atoms with Crippen molar-refractivity contribution >= 4 is 5.90 Å². The van der Waals surface area contributed by atoms with E-state index in [1.807, 2.05) is 33.2 Å². The Kier molecular flexibility index (Phi) is 4.64. The van der Waals surface area contributed by atoms with Crippen molar-refractivity contribution in [3.8, 4) is 0 Å². The molecule has 0 aliphatic carbocycles. The van der Waals surface area contributed by atoms with Crippen molar-refractivity contribution in [2.45, 2.75) is 12.5 Å². The second kappa shape index (κ2) is 6.30. The summed E-state index contributed by atoms with van der Waals surface area (Å²) in [5, 5.41) is 28.2. The molecule has 0 amide bonds. The third kappa shape index (κ3) is 3.18. The van der Waals surface area contributed by atoms with E-state index in [0.29, 0.717) is 17.7 Å². The molecule has 1 N–H and O–H groups in total. The highest BCUT2D eigenvalue weighted by molar-refractivity contribution is 5.86. The molecule has 0 saturated carbocycles. The third-order valence-electron chi connectivity index (χ3n) is 3.83. The molecule has 0 spiro atoms. The summed E-state index contributed by atoms with van der Waals surface area (Å²) in [6, 6.07) is 17.9. The van der Waals surface area contributed by atoms with Crippen molar-refractivity contribution in [3.63, 3.8) is 0 Å². The van der Waals surface area contributed by atoms with Crippen molar-refractivity contribution in [2.24, 2.45) is 5.10 Å². The second-order valence-corrected chi connectivity index (χ2v) is 5.78. The monoisotopic (exact) mass is 298 g/mol. The van der Waals surface area contributed by atoms with Gasteiger partial charge in [0.2, 0.25) is 0 Å². The van der Waals surface area contributed by atoms with E-state index in [-0.39, 0.29) is 4.59 Å². The van der Waals surface area contributed by atoms with Gasteiger partial charge in [-0.3, -0.25) is 0 Å². The smallest absolute Gasteiger partial charge is 0.148 e. The van der Waals surface area contributed by atoms with Crippen LogP contribution < -0.4 is 5.11 Å². The summed E-state index contributed by atoms with van der Waals surface area (Å²) in [6.07, 6.45) is 0. The van der Waals surface area contributed by atoms with Crippen molar-refractivity contribution in [3.05, 3.63) is 71.8 Å². The zero-order chi connectivity index (χ0) is 16.2. The molecule has 0 fully saturated rings. The molecule has 0 aromatic heterocycles. The quantitative estimate of drug-likeness (QED) is 0.395. The van der Waals surface area contributed by atoms with Gasteiger partial charge >= 0.3 is 0 Å². The van der Waals surface area contributed by atoms with Crippen LogP contribution in [0.25, 0.3) is 0 Å². The lowest BCUT2D eigenvalue weighted by molar-refractivity contribution is -0.896. The van der Waals surface area contributed by atoms with Crippen LogP contribution in [-0.4, -0.2) is 36.2 Å². The molecule has 0 bridgehead atoms. The Morgan fingerprint density at radius 1 is 1.00 bits per heavy atom. The average molecular weight is 298 g/mol. The first-order valence-electron chi connectivity index (χ1n) is 7.34. The number of aliphatic hydroxyl groups is 1. The topological polar surface area (TPSA) is 55.7 Å². The summed E-state index contributed by atoms with van der Waals surface area (Å²) in [6.45, 7) is 2.60. The molecule has 0 saturated heterocycles. The van der Waals surface area contributed by atoms with Gasteiger partial charge in [-0.2, -0.15) is 0 Å². The fourth-order valence-corrected chi connectivity index (χ4v) is 2.16. The van der Waals surface area contributed by atoms with Gasteiger partial charge < -0.3 is 10.2 Å². The fraction of sp³-hybridized carbons (Fsp3) is 0.278. The highest BCUT2D eigenvalue weighted by atomic mass is 16.3. The van der Waals surface area contributed by atoms with Crippen LogP contribution in [0.4, 0.5) is 0 Å². The molecular weight excluding hydrogens is 276 g/mol. The fourth-order valence-electron chi connectivity index (χ4n) is 2.16. The zero-order valence-electron chi connectivity index (χ0n) is 13.2. The summed E-state index contributed by atoms with van der Waals surface area (Å²) >= 11 is 0. The number of hydrogen-bond donors (Lipinski definition) is 1. The van der Waals surface area contributed by atoms with Crippen molar-refractivity contribution in [1.29, 1.82) is 0 Å².